The quantitative estimate of drug-likeness (QED) is 0.257. The molecule has 114 valence electrons. The van der Waals surface area contributed by atoms with Crippen molar-refractivity contribution in [2.75, 3.05) is 6.61 Å². The summed E-state index contributed by atoms with van der Waals surface area (Å²) in [5.74, 6) is -0.632. The fraction of sp³-hybridized carbons (Fsp3) is 0.273. The molecule has 1 heterocycles. The van der Waals surface area contributed by atoms with Gasteiger partial charge in [-0.1, -0.05) is 0 Å². The first-order chi connectivity index (χ1) is 10.5. The zero-order chi connectivity index (χ0) is 16.1. The summed E-state index contributed by atoms with van der Waals surface area (Å²) in [6, 6.07) is 3.89. The molecule has 2 aromatic rings. The van der Waals surface area contributed by atoms with Crippen LogP contribution in [0.4, 0.5) is 5.69 Å². The molecule has 1 aromatic carbocycles. The van der Waals surface area contributed by atoms with E-state index in [0.717, 1.165) is 4.46 Å². The zero-order valence-electron chi connectivity index (χ0n) is 11.0. The Kier molecular flexibility index (Phi) is 5.60. The van der Waals surface area contributed by atoms with Gasteiger partial charge in [0.15, 0.2) is 0 Å². The SMILES string of the molecule is N#CCOC(=O)C(N)C[Se]c1ccc([N+](=O)[O-])c2n[se]nc12. The Balaban J connectivity index is 2.11. The topological polar surface area (TPSA) is 145 Å². The number of carbonyl (C=O) groups is 1. The Morgan fingerprint density at radius 2 is 2.27 bits per heavy atom. The minimum absolute atomic E-state index is 0.0598. The fourth-order valence-corrected chi connectivity index (χ4v) is 5.01. The van der Waals surface area contributed by atoms with Crippen LogP contribution >= 0.6 is 0 Å². The van der Waals surface area contributed by atoms with Gasteiger partial charge in [-0.2, -0.15) is 0 Å². The summed E-state index contributed by atoms with van der Waals surface area (Å²) in [6.45, 7) is -0.330. The van der Waals surface area contributed by atoms with Gasteiger partial charge in [-0.05, 0) is 0 Å². The molecule has 0 bridgehead atoms. The third kappa shape index (κ3) is 3.68. The molecule has 11 heteroatoms. The summed E-state index contributed by atoms with van der Waals surface area (Å²) in [5.41, 5.74) is 6.49. The first-order valence-electron chi connectivity index (χ1n) is 5.86. The number of carbonyl (C=O) groups excluding carboxylic acids is 1. The van der Waals surface area contributed by atoms with Crippen molar-refractivity contribution in [1.82, 2.24) is 7.96 Å². The molecule has 22 heavy (non-hydrogen) atoms. The second-order valence-corrected chi connectivity index (χ2v) is 7.32. The van der Waals surface area contributed by atoms with E-state index in [1.54, 1.807) is 12.1 Å². The van der Waals surface area contributed by atoms with Crippen LogP contribution in [-0.2, 0) is 9.53 Å². The van der Waals surface area contributed by atoms with Crippen LogP contribution in [0.2, 0.25) is 5.32 Å². The molecule has 2 rings (SSSR count). The fourth-order valence-electron chi connectivity index (χ4n) is 1.55. The van der Waals surface area contributed by atoms with Crippen LogP contribution in [0.25, 0.3) is 11.0 Å². The Morgan fingerprint density at radius 3 is 2.95 bits per heavy atom. The van der Waals surface area contributed by atoms with Crippen LogP contribution < -0.4 is 10.2 Å². The number of nitro groups is 1. The number of nitrogens with zero attached hydrogens (tertiary/aromatic N) is 4. The normalized spacial score (nSPS) is 11.8. The van der Waals surface area contributed by atoms with Gasteiger partial charge >= 0.3 is 137 Å². The molecular formula is C11H9N5O4Se2. The van der Waals surface area contributed by atoms with Crippen LogP contribution in [0.1, 0.15) is 0 Å². The van der Waals surface area contributed by atoms with Crippen LogP contribution in [0, 0.1) is 21.4 Å². The predicted octanol–water partition coefficient (Wildman–Crippen LogP) is -1.26. The van der Waals surface area contributed by atoms with Crippen molar-refractivity contribution in [1.29, 1.82) is 5.26 Å². The molecule has 0 aliphatic heterocycles. The first-order valence-corrected chi connectivity index (χ1v) is 9.46. The summed E-state index contributed by atoms with van der Waals surface area (Å²) in [4.78, 5) is 21.9. The van der Waals surface area contributed by atoms with E-state index in [4.69, 9.17) is 11.0 Å². The number of esters is 1. The molecule has 2 N–H and O–H groups in total. The number of benzene rings is 1. The van der Waals surface area contributed by atoms with Gasteiger partial charge in [0.1, 0.15) is 0 Å². The average molecular weight is 433 g/mol. The Labute approximate surface area is 137 Å². The number of rotatable bonds is 6. The molecule has 1 aromatic heterocycles. The molecule has 0 fully saturated rings. The first kappa shape index (κ1) is 16.5. The monoisotopic (exact) mass is 435 g/mol. The van der Waals surface area contributed by atoms with E-state index in [1.807, 2.05) is 0 Å². The van der Waals surface area contributed by atoms with Crippen molar-refractivity contribution in [2.24, 2.45) is 5.73 Å². The van der Waals surface area contributed by atoms with Gasteiger partial charge < -0.3 is 0 Å². The van der Waals surface area contributed by atoms with Crippen molar-refractivity contribution in [2.45, 2.75) is 11.4 Å². The number of nitrogens with two attached hydrogens (primary N) is 1. The van der Waals surface area contributed by atoms with E-state index >= 15 is 0 Å². The molecular weight excluding hydrogens is 424 g/mol. The zero-order valence-corrected chi connectivity index (χ0v) is 14.4. The summed E-state index contributed by atoms with van der Waals surface area (Å²) in [6.07, 6.45) is 0. The van der Waals surface area contributed by atoms with Crippen LogP contribution in [0.3, 0.4) is 0 Å². The number of nitriles is 1. The van der Waals surface area contributed by atoms with Gasteiger partial charge in [0.25, 0.3) is 0 Å². The van der Waals surface area contributed by atoms with Crippen molar-refractivity contribution < 1.29 is 14.5 Å². The third-order valence-electron chi connectivity index (χ3n) is 2.55. The third-order valence-corrected chi connectivity index (χ3v) is 6.11. The van der Waals surface area contributed by atoms with Gasteiger partial charge in [-0.25, -0.2) is 0 Å². The van der Waals surface area contributed by atoms with Crippen molar-refractivity contribution in [3.8, 4) is 6.07 Å². The minimum atomic E-state index is -0.831. The number of fused-ring (bicyclic) bond motifs is 1. The van der Waals surface area contributed by atoms with Crippen LogP contribution in [0.15, 0.2) is 12.1 Å². The van der Waals surface area contributed by atoms with E-state index < -0.39 is 16.9 Å². The van der Waals surface area contributed by atoms with Gasteiger partial charge in [-0.3, -0.25) is 0 Å². The predicted molar refractivity (Wildman–Crippen MR) is 77.9 cm³/mol. The second-order valence-electron chi connectivity index (χ2n) is 3.98. The van der Waals surface area contributed by atoms with Crippen molar-refractivity contribution in [3.63, 3.8) is 0 Å². The second kappa shape index (κ2) is 7.44. The van der Waals surface area contributed by atoms with E-state index in [2.05, 4.69) is 12.7 Å². The summed E-state index contributed by atoms with van der Waals surface area (Å²) in [7, 11) is 0. The molecule has 1 unspecified atom stereocenters. The van der Waals surface area contributed by atoms with Gasteiger partial charge in [-0.15, -0.1) is 0 Å². The van der Waals surface area contributed by atoms with E-state index in [-0.39, 0.29) is 42.2 Å². The van der Waals surface area contributed by atoms with E-state index in [0.29, 0.717) is 16.4 Å². The number of non-ortho nitro benzene ring substituents is 1. The Bertz CT molecular complexity index is 757. The Hall–Kier alpha value is -1.82. The molecule has 9 nitrogen and oxygen atoms in total. The maximum absolute atomic E-state index is 11.5. The van der Waals surface area contributed by atoms with E-state index in [1.165, 1.54) is 6.07 Å². The number of hydrogen-bond acceptors (Lipinski definition) is 8. The maximum atomic E-state index is 11.5. The molecule has 0 radical (unpaired) electrons. The molecule has 0 amide bonds. The molecule has 0 saturated heterocycles. The standard InChI is InChI=1S/C11H9N5O4Se2/c12-3-4-20-11(17)6(13)5-21-8-2-1-7(16(18)19)9-10(8)15-22-14-9/h1-2,6H,4-5,13H2. The van der Waals surface area contributed by atoms with Gasteiger partial charge in [0, 0.05) is 0 Å². The van der Waals surface area contributed by atoms with Gasteiger partial charge in [0.2, 0.25) is 0 Å². The molecule has 0 spiro atoms. The molecule has 0 aliphatic rings. The summed E-state index contributed by atoms with van der Waals surface area (Å²) in [5, 5.41) is 19.6. The van der Waals surface area contributed by atoms with E-state index in [9.17, 15) is 14.9 Å². The Morgan fingerprint density at radius 1 is 1.55 bits per heavy atom. The number of nitro benzene ring substituents is 1. The van der Waals surface area contributed by atoms with Crippen molar-refractivity contribution >= 4 is 57.1 Å². The number of ether oxygens (including phenoxy) is 1. The van der Waals surface area contributed by atoms with Crippen LogP contribution in [0.5, 0.6) is 0 Å². The van der Waals surface area contributed by atoms with Crippen LogP contribution in [-0.4, -0.2) is 61.4 Å². The number of aromatic nitrogens is 2. The average Bonchev–Trinajstić information content (AvgIpc) is 2.99. The molecule has 0 aliphatic carbocycles. The van der Waals surface area contributed by atoms with Crippen molar-refractivity contribution in [3.05, 3.63) is 22.2 Å². The molecule has 1 atom stereocenters. The summed E-state index contributed by atoms with van der Waals surface area (Å²) < 4.78 is 13.8. The van der Waals surface area contributed by atoms with Gasteiger partial charge in [0.05, 0.1) is 0 Å². The number of hydrogen-bond donors (Lipinski definition) is 1. The summed E-state index contributed by atoms with van der Waals surface area (Å²) >= 11 is -0.586. The molecule has 0 saturated carbocycles.